The lowest BCUT2D eigenvalue weighted by atomic mass is 10.1. The average Bonchev–Trinajstić information content (AvgIpc) is 2.84. The van der Waals surface area contributed by atoms with Crippen molar-refractivity contribution in [2.24, 2.45) is 0 Å². The van der Waals surface area contributed by atoms with Crippen LogP contribution in [0.15, 0.2) is 36.4 Å². The number of hydrogen-bond donors (Lipinski definition) is 1. The predicted octanol–water partition coefficient (Wildman–Crippen LogP) is 4.53. The Bertz CT molecular complexity index is 780. The maximum Gasteiger partial charge on any atom is 0.121 e. The van der Waals surface area contributed by atoms with Gasteiger partial charge in [0.1, 0.15) is 5.75 Å². The lowest BCUT2D eigenvalue weighted by Crippen LogP contribution is -2.00. The number of ether oxygens (including phenoxy) is 1. The van der Waals surface area contributed by atoms with Crippen molar-refractivity contribution < 1.29 is 4.74 Å². The summed E-state index contributed by atoms with van der Waals surface area (Å²) >= 11 is 1.73. The molecule has 0 aliphatic carbocycles. The third-order valence-electron chi connectivity index (χ3n) is 3.45. The number of aryl methyl sites for hydroxylation is 2. The second-order valence-corrected chi connectivity index (χ2v) is 6.31. The number of fused-ring (bicyclic) bond motifs is 1. The summed E-state index contributed by atoms with van der Waals surface area (Å²) in [4.78, 5) is 4.48. The van der Waals surface area contributed by atoms with E-state index in [1.165, 1.54) is 10.3 Å². The summed E-state index contributed by atoms with van der Waals surface area (Å²) in [6.45, 7) is 4.90. The van der Waals surface area contributed by atoms with Crippen LogP contribution in [-0.2, 0) is 6.54 Å². The van der Waals surface area contributed by atoms with Gasteiger partial charge in [0.15, 0.2) is 0 Å². The van der Waals surface area contributed by atoms with Crippen LogP contribution in [0.5, 0.6) is 5.75 Å². The molecule has 1 aromatic heterocycles. The summed E-state index contributed by atoms with van der Waals surface area (Å²) in [5, 5.41) is 4.57. The molecule has 0 aliphatic rings. The molecule has 0 radical (unpaired) electrons. The quantitative estimate of drug-likeness (QED) is 0.768. The SMILES string of the molecule is COc1ccc(CNc2ccc3nc(C)sc3c2)cc1C. The molecule has 4 heteroatoms. The van der Waals surface area contributed by atoms with Crippen LogP contribution >= 0.6 is 11.3 Å². The third kappa shape index (κ3) is 3.00. The van der Waals surface area contributed by atoms with Gasteiger partial charge in [-0.1, -0.05) is 12.1 Å². The third-order valence-corrected chi connectivity index (χ3v) is 4.38. The average molecular weight is 298 g/mol. The molecule has 0 bridgehead atoms. The molecule has 1 heterocycles. The van der Waals surface area contributed by atoms with E-state index >= 15 is 0 Å². The molecule has 108 valence electrons. The molecular formula is C17H18N2OS. The standard InChI is InChI=1S/C17H18N2OS/c1-11-8-13(4-7-16(11)20-3)10-18-14-5-6-15-17(9-14)21-12(2)19-15/h4-9,18H,10H2,1-3H3. The van der Waals surface area contributed by atoms with E-state index in [1.807, 2.05) is 13.0 Å². The van der Waals surface area contributed by atoms with Crippen LogP contribution in [0.4, 0.5) is 5.69 Å². The normalized spacial score (nSPS) is 10.8. The van der Waals surface area contributed by atoms with E-state index in [4.69, 9.17) is 4.74 Å². The van der Waals surface area contributed by atoms with Gasteiger partial charge in [0.2, 0.25) is 0 Å². The van der Waals surface area contributed by atoms with Crippen LogP contribution in [-0.4, -0.2) is 12.1 Å². The molecule has 0 fully saturated rings. The van der Waals surface area contributed by atoms with E-state index in [1.54, 1.807) is 18.4 Å². The minimum atomic E-state index is 0.800. The fraction of sp³-hybridized carbons (Fsp3) is 0.235. The highest BCUT2D eigenvalue weighted by Gasteiger charge is 2.03. The molecule has 3 nitrogen and oxygen atoms in total. The van der Waals surface area contributed by atoms with Crippen molar-refractivity contribution in [2.75, 3.05) is 12.4 Å². The topological polar surface area (TPSA) is 34.1 Å². The molecule has 0 atom stereocenters. The minimum absolute atomic E-state index is 0.800. The number of hydrogen-bond acceptors (Lipinski definition) is 4. The van der Waals surface area contributed by atoms with Gasteiger partial charge in [0.05, 0.1) is 22.3 Å². The number of rotatable bonds is 4. The highest BCUT2D eigenvalue weighted by Crippen LogP contribution is 2.25. The maximum atomic E-state index is 5.29. The van der Waals surface area contributed by atoms with Crippen LogP contribution in [0.3, 0.4) is 0 Å². The molecule has 3 rings (SSSR count). The fourth-order valence-electron chi connectivity index (χ4n) is 2.40. The van der Waals surface area contributed by atoms with Crippen molar-refractivity contribution in [3.8, 4) is 5.75 Å². The summed E-state index contributed by atoms with van der Waals surface area (Å²) < 4.78 is 6.51. The van der Waals surface area contributed by atoms with Crippen molar-refractivity contribution in [3.05, 3.63) is 52.5 Å². The molecule has 0 unspecified atom stereocenters. The molecule has 2 aromatic carbocycles. The second-order valence-electron chi connectivity index (χ2n) is 5.07. The van der Waals surface area contributed by atoms with Gasteiger partial charge in [0.25, 0.3) is 0 Å². The Morgan fingerprint density at radius 2 is 2.00 bits per heavy atom. The number of thiazole rings is 1. The first kappa shape index (κ1) is 13.9. The molecule has 0 saturated carbocycles. The summed E-state index contributed by atoms with van der Waals surface area (Å²) in [5.74, 6) is 0.931. The van der Waals surface area contributed by atoms with E-state index < -0.39 is 0 Å². The van der Waals surface area contributed by atoms with Crippen LogP contribution in [0.2, 0.25) is 0 Å². The molecule has 0 spiro atoms. The number of nitrogens with one attached hydrogen (secondary N) is 1. The minimum Gasteiger partial charge on any atom is -0.496 e. The first-order valence-corrected chi connectivity index (χ1v) is 7.72. The van der Waals surface area contributed by atoms with Crippen molar-refractivity contribution >= 4 is 27.2 Å². The lowest BCUT2D eigenvalue weighted by Gasteiger charge is -2.09. The molecule has 1 N–H and O–H groups in total. The van der Waals surface area contributed by atoms with Gasteiger partial charge in [-0.2, -0.15) is 0 Å². The van der Waals surface area contributed by atoms with Crippen LogP contribution < -0.4 is 10.1 Å². The molecule has 0 saturated heterocycles. The highest BCUT2D eigenvalue weighted by molar-refractivity contribution is 7.18. The number of anilines is 1. The summed E-state index contributed by atoms with van der Waals surface area (Å²) in [6, 6.07) is 12.6. The largest absolute Gasteiger partial charge is 0.496 e. The van der Waals surface area contributed by atoms with Crippen LogP contribution in [0.25, 0.3) is 10.2 Å². The lowest BCUT2D eigenvalue weighted by molar-refractivity contribution is 0.411. The first-order chi connectivity index (χ1) is 10.2. The molecule has 3 aromatic rings. The van der Waals surface area contributed by atoms with Gasteiger partial charge in [-0.25, -0.2) is 4.98 Å². The Balaban J connectivity index is 1.75. The Morgan fingerprint density at radius 1 is 1.14 bits per heavy atom. The molecule has 21 heavy (non-hydrogen) atoms. The summed E-state index contributed by atoms with van der Waals surface area (Å²) in [7, 11) is 1.70. The van der Waals surface area contributed by atoms with Crippen molar-refractivity contribution in [1.82, 2.24) is 4.98 Å². The van der Waals surface area contributed by atoms with Gasteiger partial charge >= 0.3 is 0 Å². The van der Waals surface area contributed by atoms with Crippen molar-refractivity contribution in [2.45, 2.75) is 20.4 Å². The van der Waals surface area contributed by atoms with Gasteiger partial charge in [-0.15, -0.1) is 11.3 Å². The fourth-order valence-corrected chi connectivity index (χ4v) is 3.27. The summed E-state index contributed by atoms with van der Waals surface area (Å²) in [6.07, 6.45) is 0. The zero-order chi connectivity index (χ0) is 14.8. The monoisotopic (exact) mass is 298 g/mol. The number of aromatic nitrogens is 1. The number of methoxy groups -OCH3 is 1. The Kier molecular flexibility index (Phi) is 3.80. The van der Waals surface area contributed by atoms with E-state index in [0.29, 0.717) is 0 Å². The molecular weight excluding hydrogens is 280 g/mol. The van der Waals surface area contributed by atoms with E-state index in [2.05, 4.69) is 47.6 Å². The van der Waals surface area contributed by atoms with Gasteiger partial charge < -0.3 is 10.1 Å². The zero-order valence-corrected chi connectivity index (χ0v) is 13.3. The second kappa shape index (κ2) is 5.74. The maximum absolute atomic E-state index is 5.29. The van der Waals surface area contributed by atoms with Crippen molar-refractivity contribution in [3.63, 3.8) is 0 Å². The molecule has 0 aliphatic heterocycles. The van der Waals surface area contributed by atoms with E-state index in [0.717, 1.165) is 34.1 Å². The molecule has 0 amide bonds. The van der Waals surface area contributed by atoms with Crippen molar-refractivity contribution in [1.29, 1.82) is 0 Å². The van der Waals surface area contributed by atoms with Gasteiger partial charge in [-0.05, 0) is 49.2 Å². The highest BCUT2D eigenvalue weighted by atomic mass is 32.1. The Hall–Kier alpha value is -2.07. The van der Waals surface area contributed by atoms with Crippen LogP contribution in [0.1, 0.15) is 16.1 Å². The Morgan fingerprint density at radius 3 is 2.76 bits per heavy atom. The van der Waals surface area contributed by atoms with Gasteiger partial charge in [-0.3, -0.25) is 0 Å². The number of benzene rings is 2. The van der Waals surface area contributed by atoms with Crippen LogP contribution in [0, 0.1) is 13.8 Å². The predicted molar refractivity (Wildman–Crippen MR) is 89.4 cm³/mol. The number of nitrogens with zero attached hydrogens (tertiary/aromatic N) is 1. The zero-order valence-electron chi connectivity index (χ0n) is 12.4. The van der Waals surface area contributed by atoms with E-state index in [9.17, 15) is 0 Å². The van der Waals surface area contributed by atoms with E-state index in [-0.39, 0.29) is 0 Å². The smallest absolute Gasteiger partial charge is 0.121 e. The Labute approximate surface area is 128 Å². The first-order valence-electron chi connectivity index (χ1n) is 6.90. The summed E-state index contributed by atoms with van der Waals surface area (Å²) in [5.41, 5.74) is 4.60. The van der Waals surface area contributed by atoms with Gasteiger partial charge in [0, 0.05) is 12.2 Å².